The van der Waals surface area contributed by atoms with Crippen molar-refractivity contribution in [2.75, 3.05) is 17.7 Å². The summed E-state index contributed by atoms with van der Waals surface area (Å²) in [5.41, 5.74) is 1.29. The molecule has 0 bridgehead atoms. The van der Waals surface area contributed by atoms with E-state index in [0.29, 0.717) is 10.6 Å². The van der Waals surface area contributed by atoms with Crippen molar-refractivity contribution in [3.8, 4) is 0 Å². The quantitative estimate of drug-likeness (QED) is 0.560. The number of aryl methyl sites for hydroxylation is 1. The summed E-state index contributed by atoms with van der Waals surface area (Å²) in [6.45, 7) is 5.90. The van der Waals surface area contributed by atoms with Crippen LogP contribution in [-0.2, 0) is 16.0 Å². The van der Waals surface area contributed by atoms with Gasteiger partial charge in [-0.05, 0) is 50.1 Å². The largest absolute Gasteiger partial charge is 0.462 e. The molecule has 1 aromatic heterocycles. The van der Waals surface area contributed by atoms with E-state index in [2.05, 4.69) is 5.32 Å². The molecule has 0 atom stereocenters. The number of halogens is 1. The Kier molecular flexibility index (Phi) is 7.01. The van der Waals surface area contributed by atoms with Gasteiger partial charge in [0.1, 0.15) is 10.8 Å². The molecule has 0 aliphatic carbocycles. The van der Waals surface area contributed by atoms with Gasteiger partial charge < -0.3 is 10.1 Å². The second-order valence-corrected chi connectivity index (χ2v) is 7.37. The molecule has 0 aliphatic heterocycles. The van der Waals surface area contributed by atoms with E-state index in [0.717, 1.165) is 21.8 Å². The Morgan fingerprint density at radius 2 is 1.92 bits per heavy atom. The molecule has 1 heterocycles. The molecule has 4 nitrogen and oxygen atoms in total. The predicted octanol–water partition coefficient (Wildman–Crippen LogP) is 4.67. The summed E-state index contributed by atoms with van der Waals surface area (Å²) in [5.74, 6) is -0.776. The molecular formula is C18H20FNO3S2. The number of benzene rings is 1. The van der Waals surface area contributed by atoms with Crippen LogP contribution in [0.1, 0.15) is 34.6 Å². The van der Waals surface area contributed by atoms with E-state index in [1.807, 2.05) is 13.8 Å². The minimum Gasteiger partial charge on any atom is -0.462 e. The van der Waals surface area contributed by atoms with Gasteiger partial charge in [-0.15, -0.1) is 23.1 Å². The first-order chi connectivity index (χ1) is 12.0. The van der Waals surface area contributed by atoms with Crippen LogP contribution in [0.2, 0.25) is 0 Å². The summed E-state index contributed by atoms with van der Waals surface area (Å²) in [6.07, 6.45) is 0.781. The number of rotatable bonds is 7. The van der Waals surface area contributed by atoms with Crippen molar-refractivity contribution < 1.29 is 18.7 Å². The molecule has 0 saturated carbocycles. The Morgan fingerprint density at radius 3 is 2.52 bits per heavy atom. The molecule has 0 radical (unpaired) electrons. The van der Waals surface area contributed by atoms with Gasteiger partial charge in [-0.3, -0.25) is 4.79 Å². The standard InChI is InChI=1S/C18H20FNO3S2/c1-4-14-11(3)16(18(22)23-5-2)17(25-14)20-15(21)10-24-13-8-6-12(19)7-9-13/h6-9H,4-5,10H2,1-3H3,(H,20,21). The molecule has 1 amide bonds. The number of esters is 1. The highest BCUT2D eigenvalue weighted by atomic mass is 32.2. The molecule has 0 saturated heterocycles. The Bertz CT molecular complexity index is 756. The number of thioether (sulfide) groups is 1. The molecule has 134 valence electrons. The van der Waals surface area contributed by atoms with E-state index in [1.54, 1.807) is 19.1 Å². The fraction of sp³-hybridized carbons (Fsp3) is 0.333. The van der Waals surface area contributed by atoms with Crippen LogP contribution in [0, 0.1) is 12.7 Å². The lowest BCUT2D eigenvalue weighted by atomic mass is 10.1. The Balaban J connectivity index is 2.08. The normalized spacial score (nSPS) is 10.6. The van der Waals surface area contributed by atoms with Crippen molar-refractivity contribution in [3.63, 3.8) is 0 Å². The van der Waals surface area contributed by atoms with Crippen molar-refractivity contribution in [2.24, 2.45) is 0 Å². The van der Waals surface area contributed by atoms with Gasteiger partial charge in [-0.1, -0.05) is 6.92 Å². The second kappa shape index (κ2) is 9.01. The number of hydrogen-bond acceptors (Lipinski definition) is 5. The zero-order valence-electron chi connectivity index (χ0n) is 14.3. The maximum absolute atomic E-state index is 12.9. The first-order valence-electron chi connectivity index (χ1n) is 7.93. The number of amides is 1. The van der Waals surface area contributed by atoms with E-state index in [9.17, 15) is 14.0 Å². The average Bonchev–Trinajstić information content (AvgIpc) is 2.90. The average molecular weight is 381 g/mol. The van der Waals surface area contributed by atoms with E-state index >= 15 is 0 Å². The van der Waals surface area contributed by atoms with Gasteiger partial charge in [0.2, 0.25) is 5.91 Å². The minimum atomic E-state index is -0.419. The van der Waals surface area contributed by atoms with Crippen LogP contribution in [0.5, 0.6) is 0 Å². The van der Waals surface area contributed by atoms with Crippen LogP contribution in [0.25, 0.3) is 0 Å². The molecule has 1 aromatic carbocycles. The van der Waals surface area contributed by atoms with E-state index in [4.69, 9.17) is 4.74 Å². The number of nitrogens with one attached hydrogen (secondary N) is 1. The topological polar surface area (TPSA) is 55.4 Å². The summed E-state index contributed by atoms with van der Waals surface area (Å²) in [6, 6.07) is 5.97. The Morgan fingerprint density at radius 1 is 1.24 bits per heavy atom. The fourth-order valence-electron chi connectivity index (χ4n) is 2.28. The highest BCUT2D eigenvalue weighted by molar-refractivity contribution is 8.00. The highest BCUT2D eigenvalue weighted by Gasteiger charge is 2.22. The monoisotopic (exact) mass is 381 g/mol. The van der Waals surface area contributed by atoms with Gasteiger partial charge in [0.15, 0.2) is 0 Å². The molecule has 25 heavy (non-hydrogen) atoms. The van der Waals surface area contributed by atoms with Crippen LogP contribution in [0.4, 0.5) is 9.39 Å². The molecule has 0 fully saturated rings. The lowest BCUT2D eigenvalue weighted by Crippen LogP contribution is -2.16. The van der Waals surface area contributed by atoms with Crippen LogP contribution in [0.15, 0.2) is 29.2 Å². The van der Waals surface area contributed by atoms with Crippen LogP contribution in [0.3, 0.4) is 0 Å². The first kappa shape index (κ1) is 19.5. The van der Waals surface area contributed by atoms with Gasteiger partial charge in [-0.25, -0.2) is 9.18 Å². The zero-order chi connectivity index (χ0) is 18.4. The maximum atomic E-state index is 12.9. The number of hydrogen-bond donors (Lipinski definition) is 1. The fourth-order valence-corrected chi connectivity index (χ4v) is 4.13. The molecule has 0 aliphatic rings. The smallest absolute Gasteiger partial charge is 0.341 e. The molecule has 2 aromatic rings. The molecule has 2 rings (SSSR count). The first-order valence-corrected chi connectivity index (χ1v) is 9.74. The van der Waals surface area contributed by atoms with Crippen LogP contribution in [-0.4, -0.2) is 24.2 Å². The van der Waals surface area contributed by atoms with Crippen molar-refractivity contribution in [1.29, 1.82) is 0 Å². The second-order valence-electron chi connectivity index (χ2n) is 5.22. The third kappa shape index (κ3) is 5.06. The van der Waals surface area contributed by atoms with Crippen molar-refractivity contribution in [3.05, 3.63) is 46.1 Å². The van der Waals surface area contributed by atoms with Gasteiger partial charge in [0, 0.05) is 9.77 Å². The van der Waals surface area contributed by atoms with Crippen molar-refractivity contribution in [1.82, 2.24) is 0 Å². The highest BCUT2D eigenvalue weighted by Crippen LogP contribution is 2.34. The summed E-state index contributed by atoms with van der Waals surface area (Å²) in [7, 11) is 0. The molecular weight excluding hydrogens is 361 g/mol. The van der Waals surface area contributed by atoms with Gasteiger partial charge in [-0.2, -0.15) is 0 Å². The van der Waals surface area contributed by atoms with Crippen molar-refractivity contribution in [2.45, 2.75) is 32.1 Å². The molecule has 7 heteroatoms. The number of thiophene rings is 1. The van der Waals surface area contributed by atoms with Crippen molar-refractivity contribution >= 4 is 40.0 Å². The molecule has 1 N–H and O–H groups in total. The SMILES string of the molecule is CCOC(=O)c1c(NC(=O)CSc2ccc(F)cc2)sc(CC)c1C. The summed E-state index contributed by atoms with van der Waals surface area (Å²) in [5, 5.41) is 3.34. The molecule has 0 spiro atoms. The van der Waals surface area contributed by atoms with Crippen LogP contribution >= 0.6 is 23.1 Å². The van der Waals surface area contributed by atoms with Crippen LogP contribution < -0.4 is 5.32 Å². The summed E-state index contributed by atoms with van der Waals surface area (Å²) < 4.78 is 18.0. The van der Waals surface area contributed by atoms with E-state index in [-0.39, 0.29) is 24.1 Å². The molecule has 0 unspecified atom stereocenters. The van der Waals surface area contributed by atoms with E-state index in [1.165, 1.54) is 35.2 Å². The number of anilines is 1. The maximum Gasteiger partial charge on any atom is 0.341 e. The minimum absolute atomic E-state index is 0.173. The van der Waals surface area contributed by atoms with Gasteiger partial charge in [0.05, 0.1) is 17.9 Å². The number of carbonyl (C=O) groups excluding carboxylic acids is 2. The third-order valence-corrected chi connectivity index (χ3v) is 5.85. The number of carbonyl (C=O) groups is 2. The number of ether oxygens (including phenoxy) is 1. The van der Waals surface area contributed by atoms with Gasteiger partial charge in [0.25, 0.3) is 0 Å². The third-order valence-electron chi connectivity index (χ3n) is 3.48. The summed E-state index contributed by atoms with van der Waals surface area (Å²) in [4.78, 5) is 26.3. The Labute approximate surface area is 154 Å². The summed E-state index contributed by atoms with van der Waals surface area (Å²) >= 11 is 2.71. The predicted molar refractivity (Wildman–Crippen MR) is 100 cm³/mol. The van der Waals surface area contributed by atoms with E-state index < -0.39 is 5.97 Å². The zero-order valence-corrected chi connectivity index (χ0v) is 16.0. The lowest BCUT2D eigenvalue weighted by molar-refractivity contribution is -0.113. The Hall–Kier alpha value is -1.86. The van der Waals surface area contributed by atoms with Gasteiger partial charge >= 0.3 is 5.97 Å². The lowest BCUT2D eigenvalue weighted by Gasteiger charge is -2.07.